The maximum absolute atomic E-state index is 12.6. The van der Waals surface area contributed by atoms with Crippen molar-refractivity contribution in [2.24, 2.45) is 0 Å². The van der Waals surface area contributed by atoms with Crippen LogP contribution in [0.3, 0.4) is 0 Å². The highest BCUT2D eigenvalue weighted by Crippen LogP contribution is 2.22. The van der Waals surface area contributed by atoms with E-state index < -0.39 is 10.0 Å². The largest absolute Gasteiger partial charge is 0.497 e. The molecule has 0 fully saturated rings. The molecule has 1 amide bonds. The average molecular weight is 441 g/mol. The van der Waals surface area contributed by atoms with E-state index in [1.165, 1.54) is 31.4 Å². The molecule has 0 bridgehead atoms. The Labute approximate surface area is 182 Å². The van der Waals surface area contributed by atoms with Gasteiger partial charge in [0.1, 0.15) is 11.5 Å². The van der Waals surface area contributed by atoms with Gasteiger partial charge in [0.15, 0.2) is 6.61 Å². The van der Waals surface area contributed by atoms with Crippen LogP contribution in [-0.2, 0) is 14.8 Å². The molecule has 8 heteroatoms. The van der Waals surface area contributed by atoms with E-state index in [1.807, 2.05) is 37.3 Å². The SMILES string of the molecule is COc1cccc(NS(=O)(=O)c2ccc(OCC(=O)N[C@@H](C)c3ccccc3)cc2)c1. The molecule has 3 aromatic rings. The van der Waals surface area contributed by atoms with Gasteiger partial charge in [0.25, 0.3) is 15.9 Å². The lowest BCUT2D eigenvalue weighted by Crippen LogP contribution is -2.31. The zero-order chi connectivity index (χ0) is 22.3. The zero-order valence-electron chi connectivity index (χ0n) is 17.2. The molecule has 31 heavy (non-hydrogen) atoms. The first-order valence-electron chi connectivity index (χ1n) is 9.61. The summed E-state index contributed by atoms with van der Waals surface area (Å²) < 4.78 is 38.2. The van der Waals surface area contributed by atoms with E-state index in [0.29, 0.717) is 17.2 Å². The summed E-state index contributed by atoms with van der Waals surface area (Å²) in [6.45, 7) is 1.72. The summed E-state index contributed by atoms with van der Waals surface area (Å²) in [5, 5.41) is 2.86. The van der Waals surface area contributed by atoms with E-state index in [4.69, 9.17) is 9.47 Å². The van der Waals surface area contributed by atoms with Gasteiger partial charge in [0.05, 0.1) is 23.7 Å². The van der Waals surface area contributed by atoms with Crippen molar-refractivity contribution in [3.63, 3.8) is 0 Å². The number of hydrogen-bond donors (Lipinski definition) is 2. The van der Waals surface area contributed by atoms with Crippen molar-refractivity contribution in [1.29, 1.82) is 0 Å². The number of rotatable bonds is 9. The van der Waals surface area contributed by atoms with E-state index in [-0.39, 0.29) is 23.5 Å². The van der Waals surface area contributed by atoms with Gasteiger partial charge in [-0.15, -0.1) is 0 Å². The maximum atomic E-state index is 12.6. The van der Waals surface area contributed by atoms with Crippen LogP contribution in [-0.4, -0.2) is 28.0 Å². The Kier molecular flexibility index (Phi) is 7.15. The number of ether oxygens (including phenoxy) is 2. The molecular formula is C23H24N2O5S. The van der Waals surface area contributed by atoms with Gasteiger partial charge in [-0.05, 0) is 48.9 Å². The molecule has 0 spiro atoms. The molecule has 162 valence electrons. The number of anilines is 1. The molecule has 0 saturated heterocycles. The number of carbonyl (C=O) groups excluding carboxylic acids is 1. The standard InChI is InChI=1S/C23H24N2O5S/c1-17(18-7-4-3-5-8-18)24-23(26)16-30-20-11-13-22(14-12-20)31(27,28)25-19-9-6-10-21(15-19)29-2/h3-15,17,25H,16H2,1-2H3,(H,24,26)/t17-/m0/s1. The first-order chi connectivity index (χ1) is 14.9. The molecule has 0 aromatic heterocycles. The highest BCUT2D eigenvalue weighted by Gasteiger charge is 2.15. The van der Waals surface area contributed by atoms with Crippen molar-refractivity contribution >= 4 is 21.6 Å². The molecule has 1 atom stereocenters. The summed E-state index contributed by atoms with van der Waals surface area (Å²) in [5.74, 6) is 0.666. The lowest BCUT2D eigenvalue weighted by atomic mass is 10.1. The van der Waals surface area contributed by atoms with Crippen LogP contribution in [0.4, 0.5) is 5.69 Å². The minimum Gasteiger partial charge on any atom is -0.497 e. The monoisotopic (exact) mass is 440 g/mol. The predicted molar refractivity (Wildman–Crippen MR) is 119 cm³/mol. The first kappa shape index (κ1) is 22.2. The number of hydrogen-bond acceptors (Lipinski definition) is 5. The van der Waals surface area contributed by atoms with E-state index in [0.717, 1.165) is 5.56 Å². The van der Waals surface area contributed by atoms with Gasteiger partial charge in [-0.25, -0.2) is 8.42 Å². The minimum atomic E-state index is -3.77. The topological polar surface area (TPSA) is 93.7 Å². The van der Waals surface area contributed by atoms with Crippen LogP contribution in [0.15, 0.2) is 83.8 Å². The number of carbonyl (C=O) groups is 1. The smallest absolute Gasteiger partial charge is 0.261 e. The van der Waals surface area contributed by atoms with E-state index in [9.17, 15) is 13.2 Å². The van der Waals surface area contributed by atoms with Crippen molar-refractivity contribution in [3.8, 4) is 11.5 Å². The molecule has 3 aromatic carbocycles. The molecule has 0 radical (unpaired) electrons. The van der Waals surface area contributed by atoms with Crippen molar-refractivity contribution in [3.05, 3.63) is 84.4 Å². The van der Waals surface area contributed by atoms with Crippen LogP contribution >= 0.6 is 0 Å². The van der Waals surface area contributed by atoms with Gasteiger partial charge in [0, 0.05) is 6.07 Å². The fraction of sp³-hybridized carbons (Fsp3) is 0.174. The van der Waals surface area contributed by atoms with E-state index in [1.54, 1.807) is 24.3 Å². The van der Waals surface area contributed by atoms with Gasteiger partial charge in [-0.2, -0.15) is 0 Å². The van der Waals surface area contributed by atoms with E-state index in [2.05, 4.69) is 10.0 Å². The third kappa shape index (κ3) is 6.23. The highest BCUT2D eigenvalue weighted by atomic mass is 32.2. The Morgan fingerprint density at radius 3 is 2.32 bits per heavy atom. The van der Waals surface area contributed by atoms with Crippen LogP contribution in [0.1, 0.15) is 18.5 Å². The minimum absolute atomic E-state index is 0.0739. The molecule has 0 aliphatic rings. The second-order valence-electron chi connectivity index (χ2n) is 6.80. The van der Waals surface area contributed by atoms with Crippen LogP contribution < -0.4 is 19.5 Å². The van der Waals surface area contributed by atoms with Crippen molar-refractivity contribution in [2.75, 3.05) is 18.4 Å². The second-order valence-corrected chi connectivity index (χ2v) is 8.48. The number of amides is 1. The van der Waals surface area contributed by atoms with Gasteiger partial charge in [0.2, 0.25) is 0 Å². The van der Waals surface area contributed by atoms with Gasteiger partial charge in [-0.1, -0.05) is 36.4 Å². The quantitative estimate of drug-likeness (QED) is 0.529. The summed E-state index contributed by atoms with van der Waals surface area (Å²) in [4.78, 5) is 12.2. The van der Waals surface area contributed by atoms with Crippen molar-refractivity contribution in [2.45, 2.75) is 17.9 Å². The lowest BCUT2D eigenvalue weighted by Gasteiger charge is -2.15. The highest BCUT2D eigenvalue weighted by molar-refractivity contribution is 7.92. The number of sulfonamides is 1. The van der Waals surface area contributed by atoms with Gasteiger partial charge in [-0.3, -0.25) is 9.52 Å². The summed E-state index contributed by atoms with van der Waals surface area (Å²) in [7, 11) is -2.26. The summed E-state index contributed by atoms with van der Waals surface area (Å²) in [6.07, 6.45) is 0. The Hall–Kier alpha value is -3.52. The molecule has 7 nitrogen and oxygen atoms in total. The van der Waals surface area contributed by atoms with Crippen LogP contribution in [0, 0.1) is 0 Å². The molecule has 0 unspecified atom stereocenters. The summed E-state index contributed by atoms with van der Waals surface area (Å²) in [6, 6.07) is 21.9. The number of methoxy groups -OCH3 is 1. The molecule has 3 rings (SSSR count). The zero-order valence-corrected chi connectivity index (χ0v) is 18.1. The maximum Gasteiger partial charge on any atom is 0.261 e. The Morgan fingerprint density at radius 1 is 0.935 bits per heavy atom. The van der Waals surface area contributed by atoms with E-state index >= 15 is 0 Å². The molecule has 2 N–H and O–H groups in total. The number of benzene rings is 3. The second kappa shape index (κ2) is 9.99. The van der Waals surface area contributed by atoms with Gasteiger partial charge < -0.3 is 14.8 Å². The predicted octanol–water partition coefficient (Wildman–Crippen LogP) is 3.75. The summed E-state index contributed by atoms with van der Waals surface area (Å²) >= 11 is 0. The molecule has 0 saturated carbocycles. The van der Waals surface area contributed by atoms with Crippen LogP contribution in [0.5, 0.6) is 11.5 Å². The third-order valence-electron chi connectivity index (χ3n) is 4.50. The third-order valence-corrected chi connectivity index (χ3v) is 5.90. The fourth-order valence-electron chi connectivity index (χ4n) is 2.87. The fourth-order valence-corrected chi connectivity index (χ4v) is 3.92. The van der Waals surface area contributed by atoms with Crippen molar-refractivity contribution < 1.29 is 22.7 Å². The molecule has 0 aliphatic heterocycles. The Morgan fingerprint density at radius 2 is 1.65 bits per heavy atom. The normalized spacial score (nSPS) is 11.9. The molecule has 0 aliphatic carbocycles. The Bertz CT molecular complexity index is 1120. The lowest BCUT2D eigenvalue weighted by molar-refractivity contribution is -0.123. The summed E-state index contributed by atoms with van der Waals surface area (Å²) in [5.41, 5.74) is 1.39. The van der Waals surface area contributed by atoms with Crippen LogP contribution in [0.2, 0.25) is 0 Å². The first-order valence-corrected chi connectivity index (χ1v) is 11.1. The average Bonchev–Trinajstić information content (AvgIpc) is 2.78. The Balaban J connectivity index is 1.56. The van der Waals surface area contributed by atoms with Crippen molar-refractivity contribution in [1.82, 2.24) is 5.32 Å². The molecular weight excluding hydrogens is 416 g/mol. The number of nitrogens with one attached hydrogen (secondary N) is 2. The van der Waals surface area contributed by atoms with Gasteiger partial charge >= 0.3 is 0 Å². The molecule has 0 heterocycles. The van der Waals surface area contributed by atoms with Crippen LogP contribution in [0.25, 0.3) is 0 Å².